The molecule has 18 heavy (non-hydrogen) atoms. The molecule has 1 atom stereocenters. The Morgan fingerprint density at radius 3 is 2.33 bits per heavy atom. The van der Waals surface area contributed by atoms with E-state index in [2.05, 4.69) is 6.92 Å². The van der Waals surface area contributed by atoms with Crippen molar-refractivity contribution in [3.63, 3.8) is 0 Å². The lowest BCUT2D eigenvalue weighted by Gasteiger charge is -2.09. The molecule has 0 radical (unpaired) electrons. The average molecular weight is 273 g/mol. The minimum absolute atomic E-state index is 0.0909. The second-order valence-electron chi connectivity index (χ2n) is 4.63. The van der Waals surface area contributed by atoms with Crippen LogP contribution in [0.1, 0.15) is 38.7 Å². The van der Waals surface area contributed by atoms with E-state index in [4.69, 9.17) is 5.73 Å². The third-order valence-corrected chi connectivity index (χ3v) is 3.78. The highest BCUT2D eigenvalue weighted by Crippen LogP contribution is 2.27. The SMILES string of the molecule is CCCCCSc1c(F)cc(CC(C)N)cc1F. The van der Waals surface area contributed by atoms with Gasteiger partial charge in [-0.25, -0.2) is 8.78 Å². The van der Waals surface area contributed by atoms with Crippen LogP contribution in [0.4, 0.5) is 8.78 Å². The van der Waals surface area contributed by atoms with Gasteiger partial charge in [-0.1, -0.05) is 19.8 Å². The number of nitrogens with two attached hydrogens (primary N) is 1. The van der Waals surface area contributed by atoms with Gasteiger partial charge in [-0.2, -0.15) is 0 Å². The van der Waals surface area contributed by atoms with Crippen LogP contribution < -0.4 is 5.73 Å². The highest BCUT2D eigenvalue weighted by molar-refractivity contribution is 7.99. The summed E-state index contributed by atoms with van der Waals surface area (Å²) in [6.07, 6.45) is 3.69. The van der Waals surface area contributed by atoms with Gasteiger partial charge in [-0.15, -0.1) is 11.8 Å². The van der Waals surface area contributed by atoms with E-state index in [1.165, 1.54) is 23.9 Å². The van der Waals surface area contributed by atoms with Crippen LogP contribution in [0.2, 0.25) is 0 Å². The number of unbranched alkanes of at least 4 members (excludes halogenated alkanes) is 2. The van der Waals surface area contributed by atoms with Crippen molar-refractivity contribution in [3.05, 3.63) is 29.3 Å². The predicted octanol–water partition coefficient (Wildman–Crippen LogP) is 4.14. The lowest BCUT2D eigenvalue weighted by atomic mass is 10.1. The second kappa shape index (κ2) is 7.74. The van der Waals surface area contributed by atoms with E-state index in [1.807, 2.05) is 6.92 Å². The van der Waals surface area contributed by atoms with E-state index in [-0.39, 0.29) is 10.9 Å². The number of thioether (sulfide) groups is 1. The lowest BCUT2D eigenvalue weighted by Crippen LogP contribution is -2.18. The maximum Gasteiger partial charge on any atom is 0.140 e. The minimum Gasteiger partial charge on any atom is -0.328 e. The smallest absolute Gasteiger partial charge is 0.140 e. The Morgan fingerprint density at radius 2 is 1.83 bits per heavy atom. The first kappa shape index (κ1) is 15.4. The van der Waals surface area contributed by atoms with Crippen LogP contribution in [0, 0.1) is 11.6 Å². The fraction of sp³-hybridized carbons (Fsp3) is 0.571. The Hall–Kier alpha value is -0.610. The Bertz CT molecular complexity index is 357. The summed E-state index contributed by atoms with van der Waals surface area (Å²) in [5.41, 5.74) is 6.25. The zero-order chi connectivity index (χ0) is 13.5. The van der Waals surface area contributed by atoms with Crippen molar-refractivity contribution in [2.45, 2.75) is 50.5 Å². The average Bonchev–Trinajstić information content (AvgIpc) is 2.26. The highest BCUT2D eigenvalue weighted by Gasteiger charge is 2.12. The number of halogens is 2. The summed E-state index contributed by atoms with van der Waals surface area (Å²) in [6, 6.07) is 2.70. The van der Waals surface area contributed by atoms with Crippen LogP contribution in [0.3, 0.4) is 0 Å². The molecule has 102 valence electrons. The first-order valence-corrected chi connectivity index (χ1v) is 7.39. The van der Waals surface area contributed by atoms with Gasteiger partial charge < -0.3 is 5.73 Å². The molecular formula is C14H21F2NS. The summed E-state index contributed by atoms with van der Waals surface area (Å²) in [5, 5.41) is 0. The number of rotatable bonds is 7. The van der Waals surface area contributed by atoms with Crippen molar-refractivity contribution in [2.75, 3.05) is 5.75 Å². The molecule has 0 amide bonds. The van der Waals surface area contributed by atoms with Crippen LogP contribution in [0.15, 0.2) is 17.0 Å². The van der Waals surface area contributed by atoms with Gasteiger partial charge in [0.2, 0.25) is 0 Å². The molecule has 1 rings (SSSR count). The van der Waals surface area contributed by atoms with E-state index < -0.39 is 11.6 Å². The van der Waals surface area contributed by atoms with Gasteiger partial charge in [0, 0.05) is 6.04 Å². The molecule has 0 aliphatic rings. The number of hydrogen-bond acceptors (Lipinski definition) is 2. The van der Waals surface area contributed by atoms with Gasteiger partial charge in [-0.05, 0) is 43.2 Å². The molecule has 0 saturated heterocycles. The van der Waals surface area contributed by atoms with Gasteiger partial charge in [0.05, 0.1) is 4.90 Å². The molecule has 1 nitrogen and oxygen atoms in total. The van der Waals surface area contributed by atoms with E-state index in [0.29, 0.717) is 12.0 Å². The Labute approximate surface area is 112 Å². The standard InChI is InChI=1S/C14H21F2NS/c1-3-4-5-6-18-14-12(15)8-11(7-10(2)17)9-13(14)16/h8-10H,3-7,17H2,1-2H3. The fourth-order valence-corrected chi connectivity index (χ4v) is 2.71. The van der Waals surface area contributed by atoms with Gasteiger partial charge in [0.1, 0.15) is 11.6 Å². The molecule has 0 aliphatic carbocycles. The van der Waals surface area contributed by atoms with Crippen molar-refractivity contribution in [1.29, 1.82) is 0 Å². The third kappa shape index (κ3) is 4.94. The molecule has 0 aliphatic heterocycles. The monoisotopic (exact) mass is 273 g/mol. The number of benzene rings is 1. The first-order valence-electron chi connectivity index (χ1n) is 6.41. The summed E-state index contributed by atoms with van der Waals surface area (Å²) < 4.78 is 27.5. The van der Waals surface area contributed by atoms with E-state index in [1.54, 1.807) is 0 Å². The Morgan fingerprint density at radius 1 is 1.22 bits per heavy atom. The molecule has 0 heterocycles. The zero-order valence-electron chi connectivity index (χ0n) is 11.0. The molecule has 0 bridgehead atoms. The lowest BCUT2D eigenvalue weighted by molar-refractivity contribution is 0.535. The third-order valence-electron chi connectivity index (χ3n) is 2.61. The Balaban J connectivity index is 2.68. The van der Waals surface area contributed by atoms with Gasteiger partial charge in [0.25, 0.3) is 0 Å². The van der Waals surface area contributed by atoms with E-state index in [0.717, 1.165) is 25.0 Å². The summed E-state index contributed by atoms with van der Waals surface area (Å²) in [6.45, 7) is 3.93. The summed E-state index contributed by atoms with van der Waals surface area (Å²) in [4.78, 5) is 0.138. The van der Waals surface area contributed by atoms with Crippen LogP contribution in [-0.4, -0.2) is 11.8 Å². The first-order chi connectivity index (χ1) is 8.54. The normalized spacial score (nSPS) is 12.7. The molecule has 1 aromatic rings. The van der Waals surface area contributed by atoms with Crippen molar-refractivity contribution in [2.24, 2.45) is 5.73 Å². The Kier molecular flexibility index (Phi) is 6.65. The largest absolute Gasteiger partial charge is 0.328 e. The van der Waals surface area contributed by atoms with Crippen LogP contribution in [-0.2, 0) is 6.42 Å². The topological polar surface area (TPSA) is 26.0 Å². The van der Waals surface area contributed by atoms with Gasteiger partial charge in [-0.3, -0.25) is 0 Å². The molecule has 4 heteroatoms. The van der Waals surface area contributed by atoms with Crippen molar-refractivity contribution < 1.29 is 8.78 Å². The summed E-state index contributed by atoms with van der Waals surface area (Å²) >= 11 is 1.26. The second-order valence-corrected chi connectivity index (χ2v) is 5.73. The van der Waals surface area contributed by atoms with Crippen LogP contribution in [0.5, 0.6) is 0 Å². The maximum absolute atomic E-state index is 13.8. The van der Waals surface area contributed by atoms with Crippen LogP contribution >= 0.6 is 11.8 Å². The van der Waals surface area contributed by atoms with E-state index >= 15 is 0 Å². The molecular weight excluding hydrogens is 252 g/mol. The predicted molar refractivity (Wildman–Crippen MR) is 74.0 cm³/mol. The molecule has 1 unspecified atom stereocenters. The molecule has 2 N–H and O–H groups in total. The van der Waals surface area contributed by atoms with Crippen molar-refractivity contribution in [3.8, 4) is 0 Å². The molecule has 0 spiro atoms. The van der Waals surface area contributed by atoms with E-state index in [9.17, 15) is 8.78 Å². The molecule has 1 aromatic carbocycles. The quantitative estimate of drug-likeness (QED) is 0.597. The maximum atomic E-state index is 13.8. The molecule has 0 saturated carbocycles. The van der Waals surface area contributed by atoms with Crippen LogP contribution in [0.25, 0.3) is 0 Å². The summed E-state index contributed by atoms with van der Waals surface area (Å²) in [5.74, 6) is -0.173. The zero-order valence-corrected chi connectivity index (χ0v) is 11.8. The molecule has 0 fully saturated rings. The van der Waals surface area contributed by atoms with Gasteiger partial charge in [0.15, 0.2) is 0 Å². The number of hydrogen-bond donors (Lipinski definition) is 1. The molecule has 0 aromatic heterocycles. The highest BCUT2D eigenvalue weighted by atomic mass is 32.2. The minimum atomic E-state index is -0.466. The van der Waals surface area contributed by atoms with Crippen molar-refractivity contribution >= 4 is 11.8 Å². The summed E-state index contributed by atoms with van der Waals surface area (Å²) in [7, 11) is 0. The fourth-order valence-electron chi connectivity index (χ4n) is 1.77. The van der Waals surface area contributed by atoms with Gasteiger partial charge >= 0.3 is 0 Å². The van der Waals surface area contributed by atoms with Crippen molar-refractivity contribution in [1.82, 2.24) is 0 Å².